The monoisotopic (exact) mass is 344 g/mol. The number of anilines is 1. The summed E-state index contributed by atoms with van der Waals surface area (Å²) in [6, 6.07) is 15.8. The summed E-state index contributed by atoms with van der Waals surface area (Å²) in [5.74, 6) is 1.95. The maximum Gasteiger partial charge on any atom is 0.126 e. The Morgan fingerprint density at radius 3 is 2.96 bits per heavy atom. The summed E-state index contributed by atoms with van der Waals surface area (Å²) >= 11 is 0. The van der Waals surface area contributed by atoms with Gasteiger partial charge in [0.05, 0.1) is 30.4 Å². The Labute approximate surface area is 152 Å². The second-order valence-corrected chi connectivity index (χ2v) is 6.43. The SMILES string of the molecule is N#Cc1cccc(CN2CCn3cc(CNc4ccccn4)nc3C2)c1. The average molecular weight is 344 g/mol. The summed E-state index contributed by atoms with van der Waals surface area (Å²) in [5.41, 5.74) is 2.91. The molecule has 0 radical (unpaired) electrons. The molecule has 6 heteroatoms. The molecule has 0 bridgehead atoms. The predicted octanol–water partition coefficient (Wildman–Crippen LogP) is 2.78. The van der Waals surface area contributed by atoms with E-state index in [4.69, 9.17) is 10.2 Å². The van der Waals surface area contributed by atoms with Crippen molar-refractivity contribution in [2.45, 2.75) is 26.2 Å². The van der Waals surface area contributed by atoms with Crippen molar-refractivity contribution in [1.82, 2.24) is 19.4 Å². The lowest BCUT2D eigenvalue weighted by molar-refractivity contribution is 0.209. The molecule has 3 heterocycles. The first-order valence-corrected chi connectivity index (χ1v) is 8.71. The fourth-order valence-electron chi connectivity index (χ4n) is 3.23. The first-order valence-electron chi connectivity index (χ1n) is 8.71. The van der Waals surface area contributed by atoms with Gasteiger partial charge in [0.15, 0.2) is 0 Å². The van der Waals surface area contributed by atoms with Gasteiger partial charge in [-0.25, -0.2) is 9.97 Å². The van der Waals surface area contributed by atoms with Crippen molar-refractivity contribution >= 4 is 5.82 Å². The average Bonchev–Trinajstić information content (AvgIpc) is 3.09. The Morgan fingerprint density at radius 2 is 2.12 bits per heavy atom. The van der Waals surface area contributed by atoms with Gasteiger partial charge >= 0.3 is 0 Å². The van der Waals surface area contributed by atoms with Crippen LogP contribution >= 0.6 is 0 Å². The van der Waals surface area contributed by atoms with Gasteiger partial charge in [-0.05, 0) is 29.8 Å². The van der Waals surface area contributed by atoms with Crippen LogP contribution in [0.4, 0.5) is 5.82 Å². The van der Waals surface area contributed by atoms with Gasteiger partial charge in [-0.15, -0.1) is 0 Å². The van der Waals surface area contributed by atoms with Crippen LogP contribution in [0.5, 0.6) is 0 Å². The quantitative estimate of drug-likeness (QED) is 0.771. The second kappa shape index (κ2) is 7.38. The van der Waals surface area contributed by atoms with E-state index in [0.717, 1.165) is 43.5 Å². The van der Waals surface area contributed by atoms with Gasteiger partial charge in [-0.1, -0.05) is 18.2 Å². The Balaban J connectivity index is 1.39. The molecule has 0 aliphatic carbocycles. The standard InChI is InChI=1S/C20H20N6/c21-11-16-4-3-5-17(10-16)13-25-8-9-26-14-18(24-20(26)15-25)12-23-19-6-1-2-7-22-19/h1-7,10,14H,8-9,12-13,15H2,(H,22,23). The summed E-state index contributed by atoms with van der Waals surface area (Å²) in [6.45, 7) is 4.24. The van der Waals surface area contributed by atoms with E-state index in [0.29, 0.717) is 12.1 Å². The Bertz CT molecular complexity index is 925. The van der Waals surface area contributed by atoms with E-state index < -0.39 is 0 Å². The molecule has 0 saturated heterocycles. The lowest BCUT2D eigenvalue weighted by atomic mass is 10.1. The van der Waals surface area contributed by atoms with Crippen LogP contribution in [-0.2, 0) is 26.2 Å². The molecule has 0 unspecified atom stereocenters. The molecule has 26 heavy (non-hydrogen) atoms. The van der Waals surface area contributed by atoms with Crippen LogP contribution in [0.15, 0.2) is 54.9 Å². The van der Waals surface area contributed by atoms with Crippen LogP contribution < -0.4 is 5.32 Å². The molecule has 0 spiro atoms. The van der Waals surface area contributed by atoms with Crippen LogP contribution in [0.25, 0.3) is 0 Å². The van der Waals surface area contributed by atoms with Gasteiger partial charge < -0.3 is 9.88 Å². The topological polar surface area (TPSA) is 69.8 Å². The third-order valence-electron chi connectivity index (χ3n) is 4.51. The van der Waals surface area contributed by atoms with Gasteiger partial charge in [0, 0.05) is 32.0 Å². The molecule has 1 aliphatic rings. The van der Waals surface area contributed by atoms with Crippen molar-refractivity contribution in [2.24, 2.45) is 0 Å². The van der Waals surface area contributed by atoms with Gasteiger partial charge in [0.2, 0.25) is 0 Å². The summed E-state index contributed by atoms with van der Waals surface area (Å²) < 4.78 is 2.23. The molecule has 0 saturated carbocycles. The zero-order chi connectivity index (χ0) is 17.8. The first-order chi connectivity index (χ1) is 12.8. The molecule has 1 aromatic carbocycles. The second-order valence-electron chi connectivity index (χ2n) is 6.43. The molecule has 2 aromatic heterocycles. The Hall–Kier alpha value is -3.17. The van der Waals surface area contributed by atoms with Gasteiger partial charge in [-0.2, -0.15) is 5.26 Å². The maximum absolute atomic E-state index is 9.05. The third-order valence-corrected chi connectivity index (χ3v) is 4.51. The molecular formula is C20H20N6. The Morgan fingerprint density at radius 1 is 1.15 bits per heavy atom. The third kappa shape index (κ3) is 3.73. The molecule has 6 nitrogen and oxygen atoms in total. The van der Waals surface area contributed by atoms with Gasteiger partial charge in [0.25, 0.3) is 0 Å². The number of rotatable bonds is 5. The summed E-state index contributed by atoms with van der Waals surface area (Å²) in [5, 5.41) is 12.3. The Kier molecular flexibility index (Phi) is 4.63. The van der Waals surface area contributed by atoms with E-state index in [1.165, 1.54) is 5.56 Å². The molecule has 3 aromatic rings. The first kappa shape index (κ1) is 16.3. The highest BCUT2D eigenvalue weighted by molar-refractivity contribution is 5.34. The minimum absolute atomic E-state index is 0.668. The van der Waals surface area contributed by atoms with Crippen molar-refractivity contribution in [1.29, 1.82) is 5.26 Å². The molecule has 4 rings (SSSR count). The van der Waals surface area contributed by atoms with Crippen LogP contribution in [-0.4, -0.2) is 26.0 Å². The number of nitriles is 1. The van der Waals surface area contributed by atoms with Crippen LogP contribution in [0, 0.1) is 11.3 Å². The number of aromatic nitrogens is 3. The highest BCUT2D eigenvalue weighted by Gasteiger charge is 2.18. The zero-order valence-corrected chi connectivity index (χ0v) is 14.5. The molecular weight excluding hydrogens is 324 g/mol. The number of nitrogens with one attached hydrogen (secondary N) is 1. The van der Waals surface area contributed by atoms with Gasteiger partial charge in [0.1, 0.15) is 11.6 Å². The molecule has 1 aliphatic heterocycles. The molecule has 0 fully saturated rings. The van der Waals surface area contributed by atoms with Gasteiger partial charge in [-0.3, -0.25) is 4.90 Å². The molecule has 1 N–H and O–H groups in total. The smallest absolute Gasteiger partial charge is 0.126 e. The normalized spacial score (nSPS) is 13.8. The number of imidazole rings is 1. The lowest BCUT2D eigenvalue weighted by Gasteiger charge is -2.27. The summed E-state index contributed by atoms with van der Waals surface area (Å²) in [6.07, 6.45) is 3.90. The number of pyridine rings is 1. The number of fused-ring (bicyclic) bond motifs is 1. The van der Waals surface area contributed by atoms with Crippen LogP contribution in [0.1, 0.15) is 22.6 Å². The minimum atomic E-state index is 0.668. The lowest BCUT2D eigenvalue weighted by Crippen LogP contribution is -2.33. The molecule has 130 valence electrons. The van der Waals surface area contributed by atoms with Crippen LogP contribution in [0.2, 0.25) is 0 Å². The highest BCUT2D eigenvalue weighted by atomic mass is 15.2. The summed E-state index contributed by atoms with van der Waals surface area (Å²) in [7, 11) is 0. The largest absolute Gasteiger partial charge is 0.364 e. The summed E-state index contributed by atoms with van der Waals surface area (Å²) in [4.78, 5) is 11.4. The minimum Gasteiger partial charge on any atom is -0.364 e. The maximum atomic E-state index is 9.05. The van der Waals surface area contributed by atoms with Crippen molar-refractivity contribution in [3.05, 3.63) is 77.5 Å². The zero-order valence-electron chi connectivity index (χ0n) is 14.5. The van der Waals surface area contributed by atoms with E-state index in [9.17, 15) is 0 Å². The van der Waals surface area contributed by atoms with Crippen molar-refractivity contribution in [2.75, 3.05) is 11.9 Å². The number of nitrogens with zero attached hydrogens (tertiary/aromatic N) is 5. The highest BCUT2D eigenvalue weighted by Crippen LogP contribution is 2.17. The van der Waals surface area contributed by atoms with Crippen molar-refractivity contribution < 1.29 is 0 Å². The number of hydrogen-bond acceptors (Lipinski definition) is 5. The fraction of sp³-hybridized carbons (Fsp3) is 0.250. The van der Waals surface area contributed by atoms with E-state index in [2.05, 4.69) is 38.1 Å². The van der Waals surface area contributed by atoms with E-state index in [1.54, 1.807) is 6.20 Å². The predicted molar refractivity (Wildman–Crippen MR) is 99.1 cm³/mol. The van der Waals surface area contributed by atoms with Crippen molar-refractivity contribution in [3.8, 4) is 6.07 Å². The van der Waals surface area contributed by atoms with Crippen LogP contribution in [0.3, 0.4) is 0 Å². The van der Waals surface area contributed by atoms with E-state index in [1.807, 2.05) is 36.4 Å². The fourth-order valence-corrected chi connectivity index (χ4v) is 3.23. The van der Waals surface area contributed by atoms with E-state index in [-0.39, 0.29) is 0 Å². The van der Waals surface area contributed by atoms with Crippen molar-refractivity contribution in [3.63, 3.8) is 0 Å². The number of hydrogen-bond donors (Lipinski definition) is 1. The number of benzene rings is 1. The molecule has 0 amide bonds. The molecule has 0 atom stereocenters. The van der Waals surface area contributed by atoms with E-state index >= 15 is 0 Å².